The first-order valence-electron chi connectivity index (χ1n) is 4.67. The molecule has 0 spiro atoms. The van der Waals surface area contributed by atoms with Gasteiger partial charge in [0.25, 0.3) is 0 Å². The van der Waals surface area contributed by atoms with Crippen LogP contribution in [0.4, 0.5) is 13.2 Å². The number of aromatic nitrogens is 1. The predicted molar refractivity (Wildman–Crippen MR) is 55.4 cm³/mol. The minimum absolute atomic E-state index is 0.0862. The van der Waals surface area contributed by atoms with Crippen molar-refractivity contribution in [2.45, 2.75) is 25.7 Å². The molecule has 1 unspecified atom stereocenters. The van der Waals surface area contributed by atoms with Crippen molar-refractivity contribution in [2.24, 2.45) is 0 Å². The molecule has 1 aromatic heterocycles. The Bertz CT molecular complexity index is 392. The van der Waals surface area contributed by atoms with Crippen molar-refractivity contribution in [3.63, 3.8) is 0 Å². The van der Waals surface area contributed by atoms with Gasteiger partial charge in [-0.15, -0.1) is 11.3 Å². The molecule has 0 amide bonds. The Morgan fingerprint density at radius 1 is 1.65 bits per heavy atom. The van der Waals surface area contributed by atoms with Crippen LogP contribution < -0.4 is 5.32 Å². The number of hydrogen-bond acceptors (Lipinski definition) is 5. The number of rotatable bonds is 4. The van der Waals surface area contributed by atoms with Crippen LogP contribution in [0.25, 0.3) is 0 Å². The summed E-state index contributed by atoms with van der Waals surface area (Å²) in [6.07, 6.45) is -4.42. The van der Waals surface area contributed by atoms with Crippen LogP contribution in [0.3, 0.4) is 0 Å². The maximum atomic E-state index is 12.2. The second-order valence-electron chi connectivity index (χ2n) is 3.27. The molecular weight excluding hydrogens is 257 g/mol. The number of carbonyl (C=O) groups is 1. The van der Waals surface area contributed by atoms with Gasteiger partial charge in [-0.3, -0.25) is 10.1 Å². The average molecular weight is 268 g/mol. The Morgan fingerprint density at radius 3 is 2.76 bits per heavy atom. The SMILES string of the molecule is COC(=O)C(C)NCc1csc(C(F)(F)F)n1. The molecule has 8 heteroatoms. The molecule has 0 bridgehead atoms. The van der Waals surface area contributed by atoms with Crippen molar-refractivity contribution in [3.05, 3.63) is 16.1 Å². The summed E-state index contributed by atoms with van der Waals surface area (Å²) < 4.78 is 41.2. The molecule has 0 fully saturated rings. The molecule has 0 aromatic carbocycles. The second-order valence-corrected chi connectivity index (χ2v) is 4.13. The van der Waals surface area contributed by atoms with Crippen molar-refractivity contribution in [2.75, 3.05) is 7.11 Å². The first-order valence-corrected chi connectivity index (χ1v) is 5.55. The summed E-state index contributed by atoms with van der Waals surface area (Å²) >= 11 is 0.530. The summed E-state index contributed by atoms with van der Waals surface area (Å²) in [5.74, 6) is -0.476. The zero-order chi connectivity index (χ0) is 13.1. The number of halogens is 3. The summed E-state index contributed by atoms with van der Waals surface area (Å²) in [7, 11) is 1.24. The van der Waals surface area contributed by atoms with E-state index in [0.29, 0.717) is 11.3 Å². The van der Waals surface area contributed by atoms with Crippen LogP contribution in [0.5, 0.6) is 0 Å². The Morgan fingerprint density at radius 2 is 2.29 bits per heavy atom. The molecule has 17 heavy (non-hydrogen) atoms. The van der Waals surface area contributed by atoms with Crippen LogP contribution in [-0.4, -0.2) is 24.1 Å². The maximum Gasteiger partial charge on any atom is 0.443 e. The number of thiazole rings is 1. The van der Waals surface area contributed by atoms with Crippen molar-refractivity contribution >= 4 is 17.3 Å². The van der Waals surface area contributed by atoms with Gasteiger partial charge in [0.1, 0.15) is 6.04 Å². The van der Waals surface area contributed by atoms with Gasteiger partial charge in [0, 0.05) is 11.9 Å². The van der Waals surface area contributed by atoms with Gasteiger partial charge in [-0.05, 0) is 6.92 Å². The molecule has 96 valence electrons. The number of nitrogens with zero attached hydrogens (tertiary/aromatic N) is 1. The number of esters is 1. The molecule has 0 aliphatic rings. The Balaban J connectivity index is 2.53. The van der Waals surface area contributed by atoms with E-state index in [1.807, 2.05) is 0 Å². The Hall–Kier alpha value is -1.15. The van der Waals surface area contributed by atoms with Crippen molar-refractivity contribution in [3.8, 4) is 0 Å². The minimum Gasteiger partial charge on any atom is -0.468 e. The van der Waals surface area contributed by atoms with E-state index in [1.165, 1.54) is 12.5 Å². The third-order valence-electron chi connectivity index (χ3n) is 1.94. The van der Waals surface area contributed by atoms with Crippen LogP contribution in [0, 0.1) is 0 Å². The third kappa shape index (κ3) is 3.97. The molecule has 0 aliphatic heterocycles. The number of hydrogen-bond donors (Lipinski definition) is 1. The molecule has 1 aromatic rings. The van der Waals surface area contributed by atoms with Gasteiger partial charge in [-0.25, -0.2) is 4.98 Å². The lowest BCUT2D eigenvalue weighted by Crippen LogP contribution is -2.34. The summed E-state index contributed by atoms with van der Waals surface area (Å²) in [5.41, 5.74) is 0.248. The van der Waals surface area contributed by atoms with Crippen LogP contribution in [0.1, 0.15) is 17.6 Å². The first kappa shape index (κ1) is 13.9. The topological polar surface area (TPSA) is 51.2 Å². The highest BCUT2D eigenvalue weighted by Gasteiger charge is 2.34. The molecule has 1 atom stereocenters. The highest BCUT2D eigenvalue weighted by atomic mass is 32.1. The number of carbonyl (C=O) groups excluding carboxylic acids is 1. The Labute approximate surface area is 99.8 Å². The monoisotopic (exact) mass is 268 g/mol. The average Bonchev–Trinajstić information content (AvgIpc) is 2.72. The lowest BCUT2D eigenvalue weighted by Gasteiger charge is -2.09. The van der Waals surface area contributed by atoms with Gasteiger partial charge < -0.3 is 4.74 Å². The highest BCUT2D eigenvalue weighted by Crippen LogP contribution is 2.31. The quantitative estimate of drug-likeness (QED) is 0.846. The van der Waals surface area contributed by atoms with E-state index in [2.05, 4.69) is 15.0 Å². The third-order valence-corrected chi connectivity index (χ3v) is 2.87. The highest BCUT2D eigenvalue weighted by molar-refractivity contribution is 7.09. The predicted octanol–water partition coefficient (Wildman–Crippen LogP) is 1.81. The van der Waals surface area contributed by atoms with Crippen LogP contribution >= 0.6 is 11.3 Å². The molecule has 1 heterocycles. The minimum atomic E-state index is -4.42. The lowest BCUT2D eigenvalue weighted by molar-refractivity contribution is -0.142. The van der Waals surface area contributed by atoms with Gasteiger partial charge in [0.05, 0.1) is 12.8 Å². The van der Waals surface area contributed by atoms with Gasteiger partial charge >= 0.3 is 12.1 Å². The van der Waals surface area contributed by atoms with Crippen molar-refractivity contribution in [1.29, 1.82) is 0 Å². The van der Waals surface area contributed by atoms with Crippen LogP contribution in [0.2, 0.25) is 0 Å². The maximum absolute atomic E-state index is 12.2. The lowest BCUT2D eigenvalue weighted by atomic mass is 10.3. The number of nitrogens with one attached hydrogen (secondary N) is 1. The van der Waals surface area contributed by atoms with Crippen LogP contribution in [-0.2, 0) is 22.3 Å². The molecule has 1 rings (SSSR count). The number of methoxy groups -OCH3 is 1. The molecule has 4 nitrogen and oxygen atoms in total. The standard InChI is InChI=1S/C9H11F3N2O2S/c1-5(7(15)16-2)13-3-6-4-17-8(14-6)9(10,11)12/h4-5,13H,3H2,1-2H3. The van der Waals surface area contributed by atoms with E-state index in [-0.39, 0.29) is 12.2 Å². The second kappa shape index (κ2) is 5.46. The molecule has 0 saturated heterocycles. The zero-order valence-corrected chi connectivity index (χ0v) is 9.98. The number of ether oxygens (including phenoxy) is 1. The van der Waals surface area contributed by atoms with Crippen molar-refractivity contribution in [1.82, 2.24) is 10.3 Å². The number of alkyl halides is 3. The van der Waals surface area contributed by atoms with Gasteiger partial charge in [-0.1, -0.05) is 0 Å². The summed E-state index contributed by atoms with van der Waals surface area (Å²) in [6, 6.07) is -0.587. The van der Waals surface area contributed by atoms with Gasteiger partial charge in [0.15, 0.2) is 5.01 Å². The van der Waals surface area contributed by atoms with E-state index in [9.17, 15) is 18.0 Å². The van der Waals surface area contributed by atoms with Crippen LogP contribution in [0.15, 0.2) is 5.38 Å². The Kier molecular flexibility index (Phi) is 4.47. The smallest absolute Gasteiger partial charge is 0.443 e. The molecule has 0 aliphatic carbocycles. The molecular formula is C9H11F3N2O2S. The fourth-order valence-corrected chi connectivity index (χ4v) is 1.72. The molecule has 0 radical (unpaired) electrons. The van der Waals surface area contributed by atoms with Gasteiger partial charge in [-0.2, -0.15) is 13.2 Å². The summed E-state index contributed by atoms with van der Waals surface area (Å²) in [4.78, 5) is 14.4. The normalized spacial score (nSPS) is 13.5. The van der Waals surface area contributed by atoms with E-state index in [4.69, 9.17) is 0 Å². The molecule has 0 saturated carbocycles. The van der Waals surface area contributed by atoms with Crippen molar-refractivity contribution < 1.29 is 22.7 Å². The largest absolute Gasteiger partial charge is 0.468 e. The fourth-order valence-electron chi connectivity index (χ4n) is 1.04. The zero-order valence-electron chi connectivity index (χ0n) is 9.17. The van der Waals surface area contributed by atoms with E-state index >= 15 is 0 Å². The molecule has 1 N–H and O–H groups in total. The van der Waals surface area contributed by atoms with E-state index in [1.54, 1.807) is 6.92 Å². The first-order chi connectivity index (χ1) is 7.84. The van der Waals surface area contributed by atoms with E-state index in [0.717, 1.165) is 0 Å². The van der Waals surface area contributed by atoms with Gasteiger partial charge in [0.2, 0.25) is 0 Å². The fraction of sp³-hybridized carbons (Fsp3) is 0.556. The van der Waals surface area contributed by atoms with E-state index < -0.39 is 23.2 Å². The summed E-state index contributed by atoms with van der Waals surface area (Å²) in [6.45, 7) is 1.64. The summed E-state index contributed by atoms with van der Waals surface area (Å²) in [5, 5.41) is 3.13.